The van der Waals surface area contributed by atoms with Gasteiger partial charge in [0.25, 0.3) is 0 Å². The van der Waals surface area contributed by atoms with Gasteiger partial charge < -0.3 is 9.53 Å². The highest BCUT2D eigenvalue weighted by atomic mass is 127. The van der Waals surface area contributed by atoms with Crippen molar-refractivity contribution in [1.82, 2.24) is 0 Å². The lowest BCUT2D eigenvalue weighted by atomic mass is 9.97. The Morgan fingerprint density at radius 1 is 1.60 bits per heavy atom. The number of ether oxygens (including phenoxy) is 1. The fourth-order valence-corrected chi connectivity index (χ4v) is 1.96. The van der Waals surface area contributed by atoms with Gasteiger partial charge >= 0.3 is 0 Å². The molecule has 0 bridgehead atoms. The van der Waals surface area contributed by atoms with Gasteiger partial charge in [0.15, 0.2) is 0 Å². The van der Waals surface area contributed by atoms with E-state index in [1.54, 1.807) is 0 Å². The molecule has 0 spiro atoms. The molecule has 1 rings (SSSR count). The molecule has 1 heterocycles. The quantitative estimate of drug-likeness (QED) is 0.405. The maximum atomic E-state index is 10.4. The zero-order valence-electron chi connectivity index (χ0n) is 5.92. The molecule has 0 aromatic heterocycles. The molecule has 0 saturated carbocycles. The van der Waals surface area contributed by atoms with Gasteiger partial charge in [0.1, 0.15) is 10.4 Å². The molecule has 1 aliphatic rings. The highest BCUT2D eigenvalue weighted by Crippen LogP contribution is 2.26. The van der Waals surface area contributed by atoms with Gasteiger partial charge in [0, 0.05) is 5.92 Å². The summed E-state index contributed by atoms with van der Waals surface area (Å²) in [5.41, 5.74) is 0. The number of halogens is 1. The molecule has 0 unspecified atom stereocenters. The fourth-order valence-electron chi connectivity index (χ4n) is 1.14. The van der Waals surface area contributed by atoms with Crippen molar-refractivity contribution in [3.05, 3.63) is 0 Å². The van der Waals surface area contributed by atoms with Crippen LogP contribution >= 0.6 is 22.6 Å². The van der Waals surface area contributed by atoms with Gasteiger partial charge in [0.2, 0.25) is 0 Å². The summed E-state index contributed by atoms with van der Waals surface area (Å²) in [5, 5.41) is 0. The Labute approximate surface area is 74.5 Å². The highest BCUT2D eigenvalue weighted by molar-refractivity contribution is 14.1. The first-order valence-corrected chi connectivity index (χ1v) is 4.73. The van der Waals surface area contributed by atoms with Crippen LogP contribution in [0.4, 0.5) is 0 Å². The summed E-state index contributed by atoms with van der Waals surface area (Å²) in [6.07, 6.45) is 3.12. The Morgan fingerprint density at radius 3 is 2.80 bits per heavy atom. The smallest absolute Gasteiger partial charge is 0.125 e. The zero-order chi connectivity index (χ0) is 7.56. The number of alkyl halides is 1. The SMILES string of the molecule is C[C@H]1O[C@@H](I)CC[C@@H]1C=O. The van der Waals surface area contributed by atoms with Crippen LogP contribution in [0.15, 0.2) is 0 Å². The van der Waals surface area contributed by atoms with Gasteiger partial charge in [-0.15, -0.1) is 0 Å². The second-order valence-electron chi connectivity index (χ2n) is 2.63. The molecule has 2 nitrogen and oxygen atoms in total. The number of carbonyl (C=O) groups is 1. The third kappa shape index (κ3) is 1.92. The summed E-state index contributed by atoms with van der Waals surface area (Å²) in [5.74, 6) is 0.131. The van der Waals surface area contributed by atoms with Crippen molar-refractivity contribution in [2.75, 3.05) is 0 Å². The molecular weight excluding hydrogens is 243 g/mol. The fraction of sp³-hybridized carbons (Fsp3) is 0.857. The van der Waals surface area contributed by atoms with Crippen LogP contribution in [0, 0.1) is 5.92 Å². The third-order valence-electron chi connectivity index (χ3n) is 1.87. The summed E-state index contributed by atoms with van der Waals surface area (Å²) in [4.78, 5) is 10.4. The van der Waals surface area contributed by atoms with Crippen LogP contribution in [0.5, 0.6) is 0 Å². The molecule has 0 aromatic rings. The first kappa shape index (κ1) is 8.46. The van der Waals surface area contributed by atoms with Crippen molar-refractivity contribution in [3.63, 3.8) is 0 Å². The number of rotatable bonds is 1. The van der Waals surface area contributed by atoms with Crippen molar-refractivity contribution in [3.8, 4) is 0 Å². The molecule has 0 aromatic carbocycles. The monoisotopic (exact) mass is 254 g/mol. The molecule has 0 N–H and O–H groups in total. The normalized spacial score (nSPS) is 41.2. The Bertz CT molecular complexity index is 127. The lowest BCUT2D eigenvalue weighted by Crippen LogP contribution is -2.30. The molecule has 3 atom stereocenters. The van der Waals surface area contributed by atoms with E-state index in [-0.39, 0.29) is 12.0 Å². The topological polar surface area (TPSA) is 26.3 Å². The van der Waals surface area contributed by atoms with Crippen molar-refractivity contribution in [1.29, 1.82) is 0 Å². The summed E-state index contributed by atoms with van der Waals surface area (Å²) in [7, 11) is 0. The zero-order valence-corrected chi connectivity index (χ0v) is 8.08. The molecular formula is C7H11IO2. The molecule has 0 radical (unpaired) electrons. The van der Waals surface area contributed by atoms with Gasteiger partial charge in [-0.1, -0.05) is 22.6 Å². The summed E-state index contributed by atoms with van der Waals surface area (Å²) in [6, 6.07) is 0. The first-order chi connectivity index (χ1) is 4.74. The summed E-state index contributed by atoms with van der Waals surface area (Å²) >= 11 is 2.26. The number of hydrogen-bond acceptors (Lipinski definition) is 2. The van der Waals surface area contributed by atoms with E-state index in [1.165, 1.54) is 0 Å². The molecule has 58 valence electrons. The van der Waals surface area contributed by atoms with E-state index in [9.17, 15) is 4.79 Å². The van der Waals surface area contributed by atoms with Gasteiger partial charge in [-0.2, -0.15) is 0 Å². The van der Waals surface area contributed by atoms with Crippen molar-refractivity contribution < 1.29 is 9.53 Å². The van der Waals surface area contributed by atoms with Gasteiger partial charge in [-0.25, -0.2) is 0 Å². The van der Waals surface area contributed by atoms with Crippen molar-refractivity contribution in [2.24, 2.45) is 5.92 Å². The van der Waals surface area contributed by atoms with E-state index < -0.39 is 0 Å². The Balaban J connectivity index is 2.43. The predicted octanol–water partition coefficient (Wildman–Crippen LogP) is 1.76. The molecule has 0 amide bonds. The van der Waals surface area contributed by atoms with Crippen molar-refractivity contribution >= 4 is 28.9 Å². The largest absolute Gasteiger partial charge is 0.364 e. The van der Waals surface area contributed by atoms with Crippen LogP contribution in [0.1, 0.15) is 19.8 Å². The minimum absolute atomic E-state index is 0.119. The average molecular weight is 254 g/mol. The maximum Gasteiger partial charge on any atom is 0.125 e. The van der Waals surface area contributed by atoms with Gasteiger partial charge in [-0.3, -0.25) is 0 Å². The maximum absolute atomic E-state index is 10.4. The van der Waals surface area contributed by atoms with Crippen LogP contribution in [0.2, 0.25) is 0 Å². The highest BCUT2D eigenvalue weighted by Gasteiger charge is 2.25. The first-order valence-electron chi connectivity index (χ1n) is 3.49. The molecule has 0 aliphatic carbocycles. The summed E-state index contributed by atoms with van der Waals surface area (Å²) in [6.45, 7) is 1.96. The van der Waals surface area contributed by atoms with E-state index in [1.807, 2.05) is 6.92 Å². The minimum atomic E-state index is 0.119. The van der Waals surface area contributed by atoms with Crippen molar-refractivity contribution in [2.45, 2.75) is 30.0 Å². The molecule has 3 heteroatoms. The molecule has 1 saturated heterocycles. The number of carbonyl (C=O) groups excluding carboxylic acids is 1. The van der Waals surface area contributed by atoms with E-state index in [0.717, 1.165) is 19.1 Å². The Kier molecular flexibility index (Phi) is 3.10. The molecule has 1 aliphatic heterocycles. The number of aldehydes is 1. The van der Waals surface area contributed by atoms with E-state index in [2.05, 4.69) is 22.6 Å². The number of hydrogen-bond donors (Lipinski definition) is 0. The second-order valence-corrected chi connectivity index (χ2v) is 4.02. The average Bonchev–Trinajstić information content (AvgIpc) is 1.88. The van der Waals surface area contributed by atoms with E-state index in [0.29, 0.717) is 4.11 Å². The van der Waals surface area contributed by atoms with Gasteiger partial charge in [0.05, 0.1) is 6.10 Å². The third-order valence-corrected chi connectivity index (χ3v) is 2.78. The van der Waals surface area contributed by atoms with Gasteiger partial charge in [-0.05, 0) is 19.8 Å². The molecule has 10 heavy (non-hydrogen) atoms. The summed E-state index contributed by atoms with van der Waals surface area (Å²) < 4.78 is 5.75. The van der Waals surface area contributed by atoms with Crippen LogP contribution in [-0.2, 0) is 9.53 Å². The Hall–Kier alpha value is 0.360. The predicted molar refractivity (Wildman–Crippen MR) is 47.1 cm³/mol. The Morgan fingerprint density at radius 2 is 2.30 bits per heavy atom. The van der Waals surface area contributed by atoms with Crippen LogP contribution < -0.4 is 0 Å². The second kappa shape index (κ2) is 3.67. The van der Waals surface area contributed by atoms with Crippen LogP contribution in [0.25, 0.3) is 0 Å². The minimum Gasteiger partial charge on any atom is -0.364 e. The van der Waals surface area contributed by atoms with E-state index >= 15 is 0 Å². The van der Waals surface area contributed by atoms with E-state index in [4.69, 9.17) is 4.74 Å². The van der Waals surface area contributed by atoms with Crippen LogP contribution in [-0.4, -0.2) is 16.5 Å². The van der Waals surface area contributed by atoms with Crippen LogP contribution in [0.3, 0.4) is 0 Å². The lowest BCUT2D eigenvalue weighted by Gasteiger charge is -2.28. The molecule has 1 fully saturated rings. The standard InChI is InChI=1S/C7H11IO2/c1-5-6(4-9)2-3-7(8)10-5/h4-7H,2-3H2,1H3/t5-,6-,7-/m1/s1. The lowest BCUT2D eigenvalue weighted by molar-refractivity contribution is -0.119.